The first-order valence-corrected chi connectivity index (χ1v) is 8.18. The third-order valence-corrected chi connectivity index (χ3v) is 3.78. The van der Waals surface area contributed by atoms with Gasteiger partial charge in [-0.1, -0.05) is 15.9 Å². The molecule has 1 heterocycles. The summed E-state index contributed by atoms with van der Waals surface area (Å²) >= 11 is 3.17. The van der Waals surface area contributed by atoms with E-state index in [1.807, 2.05) is 13.8 Å². The molecule has 0 N–H and O–H groups in total. The summed E-state index contributed by atoms with van der Waals surface area (Å²) < 4.78 is 43.4. The number of benzene rings is 1. The molecule has 136 valence electrons. The van der Waals surface area contributed by atoms with Gasteiger partial charge in [-0.2, -0.15) is 0 Å². The van der Waals surface area contributed by atoms with Gasteiger partial charge in [0.25, 0.3) is 5.91 Å². The minimum atomic E-state index is -4.78. The molecule has 1 aromatic heterocycles. The van der Waals surface area contributed by atoms with E-state index < -0.39 is 6.36 Å². The van der Waals surface area contributed by atoms with Gasteiger partial charge < -0.3 is 14.2 Å². The summed E-state index contributed by atoms with van der Waals surface area (Å²) in [6, 6.07) is 3.96. The van der Waals surface area contributed by atoms with E-state index in [0.717, 1.165) is 0 Å². The van der Waals surface area contributed by atoms with Crippen molar-refractivity contribution in [2.24, 2.45) is 7.05 Å². The Morgan fingerprint density at radius 1 is 1.36 bits per heavy atom. The second-order valence-corrected chi connectivity index (χ2v) is 6.71. The summed E-state index contributed by atoms with van der Waals surface area (Å²) in [6.45, 7) is 3.78. The van der Waals surface area contributed by atoms with E-state index in [4.69, 9.17) is 0 Å². The van der Waals surface area contributed by atoms with Crippen LogP contribution < -0.4 is 4.74 Å². The molecule has 2 rings (SSSR count). The molecule has 0 saturated heterocycles. The Hall–Kier alpha value is -2.03. The van der Waals surface area contributed by atoms with Crippen molar-refractivity contribution in [3.8, 4) is 5.75 Å². The number of aromatic nitrogens is 2. The van der Waals surface area contributed by atoms with Gasteiger partial charge >= 0.3 is 6.36 Å². The molecule has 0 spiro atoms. The van der Waals surface area contributed by atoms with E-state index in [1.54, 1.807) is 23.9 Å². The highest BCUT2D eigenvalue weighted by molar-refractivity contribution is 9.10. The molecular formula is C16H17BrF3N3O2. The molecular weight excluding hydrogens is 403 g/mol. The van der Waals surface area contributed by atoms with Crippen LogP contribution in [0.3, 0.4) is 0 Å². The van der Waals surface area contributed by atoms with Crippen molar-refractivity contribution in [1.29, 1.82) is 0 Å². The Bertz CT molecular complexity index is 759. The van der Waals surface area contributed by atoms with Crippen molar-refractivity contribution >= 4 is 21.8 Å². The van der Waals surface area contributed by atoms with E-state index in [2.05, 4.69) is 25.7 Å². The van der Waals surface area contributed by atoms with Crippen molar-refractivity contribution in [2.75, 3.05) is 0 Å². The minimum Gasteiger partial charge on any atom is -0.406 e. The Morgan fingerprint density at radius 3 is 2.56 bits per heavy atom. The zero-order valence-electron chi connectivity index (χ0n) is 13.8. The maximum absolute atomic E-state index is 12.6. The van der Waals surface area contributed by atoms with Crippen LogP contribution in [0.25, 0.3) is 0 Å². The van der Waals surface area contributed by atoms with Crippen LogP contribution >= 0.6 is 15.9 Å². The van der Waals surface area contributed by atoms with Crippen molar-refractivity contribution in [1.82, 2.24) is 14.5 Å². The standard InChI is InChI=1S/C16H17BrF3N3O2/c1-10(2)23(15(24)14-8-22(3)9-21-14)7-11-4-12(17)6-13(5-11)25-16(18,19)20/h4-6,8-10H,7H2,1-3H3. The van der Waals surface area contributed by atoms with Gasteiger partial charge in [-0.05, 0) is 37.6 Å². The van der Waals surface area contributed by atoms with Crippen LogP contribution in [-0.2, 0) is 13.6 Å². The number of amides is 1. The molecule has 5 nitrogen and oxygen atoms in total. The first-order valence-electron chi connectivity index (χ1n) is 7.39. The number of aryl methyl sites for hydroxylation is 1. The first kappa shape index (κ1) is 19.3. The summed E-state index contributed by atoms with van der Waals surface area (Å²) in [5.41, 5.74) is 0.782. The van der Waals surface area contributed by atoms with E-state index in [1.165, 1.54) is 23.4 Å². The molecule has 0 bridgehead atoms. The molecule has 2 aromatic rings. The number of imidazole rings is 1. The molecule has 0 atom stereocenters. The van der Waals surface area contributed by atoms with Crippen molar-refractivity contribution < 1.29 is 22.7 Å². The first-order chi connectivity index (χ1) is 11.5. The zero-order valence-corrected chi connectivity index (χ0v) is 15.4. The fraction of sp³-hybridized carbons (Fsp3) is 0.375. The predicted octanol–water partition coefficient (Wildman–Crippen LogP) is 4.13. The minimum absolute atomic E-state index is 0.126. The van der Waals surface area contributed by atoms with Gasteiger partial charge in [-0.3, -0.25) is 4.79 Å². The van der Waals surface area contributed by atoms with Gasteiger partial charge in [0.05, 0.1) is 6.33 Å². The molecule has 0 aliphatic carbocycles. The van der Waals surface area contributed by atoms with Gasteiger partial charge in [0.1, 0.15) is 11.4 Å². The van der Waals surface area contributed by atoms with Crippen LogP contribution in [0.5, 0.6) is 5.75 Å². The van der Waals surface area contributed by atoms with Crippen molar-refractivity contribution in [3.63, 3.8) is 0 Å². The van der Waals surface area contributed by atoms with Crippen LogP contribution in [0.15, 0.2) is 35.2 Å². The fourth-order valence-corrected chi connectivity index (χ4v) is 2.78. The maximum Gasteiger partial charge on any atom is 0.573 e. The van der Waals surface area contributed by atoms with Gasteiger partial charge in [-0.25, -0.2) is 4.98 Å². The number of halogens is 4. The third kappa shape index (κ3) is 5.48. The van der Waals surface area contributed by atoms with E-state index in [-0.39, 0.29) is 29.9 Å². The Kier molecular flexibility index (Phi) is 5.76. The normalized spacial score (nSPS) is 11.7. The van der Waals surface area contributed by atoms with Crippen LogP contribution in [0, 0.1) is 0 Å². The molecule has 1 amide bonds. The maximum atomic E-state index is 12.6. The number of alkyl halides is 3. The number of rotatable bonds is 5. The lowest BCUT2D eigenvalue weighted by molar-refractivity contribution is -0.274. The lowest BCUT2D eigenvalue weighted by Crippen LogP contribution is -2.36. The lowest BCUT2D eigenvalue weighted by Gasteiger charge is -2.26. The SMILES string of the molecule is CC(C)N(Cc1cc(Br)cc(OC(F)(F)F)c1)C(=O)c1cn(C)cn1. The van der Waals surface area contributed by atoms with Crippen molar-refractivity contribution in [3.05, 3.63) is 46.5 Å². The molecule has 0 unspecified atom stereocenters. The highest BCUT2D eigenvalue weighted by atomic mass is 79.9. The summed E-state index contributed by atoms with van der Waals surface area (Å²) in [7, 11) is 1.75. The number of ether oxygens (including phenoxy) is 1. The molecule has 0 aliphatic rings. The Labute approximate surface area is 151 Å². The quantitative estimate of drug-likeness (QED) is 0.731. The number of carbonyl (C=O) groups is 1. The van der Waals surface area contributed by atoms with Crippen LogP contribution in [-0.4, -0.2) is 32.8 Å². The van der Waals surface area contributed by atoms with Crippen LogP contribution in [0.4, 0.5) is 13.2 Å². The highest BCUT2D eigenvalue weighted by Crippen LogP contribution is 2.28. The van der Waals surface area contributed by atoms with E-state index >= 15 is 0 Å². The second kappa shape index (κ2) is 7.47. The van der Waals surface area contributed by atoms with Gasteiger partial charge in [-0.15, -0.1) is 13.2 Å². The number of carbonyl (C=O) groups excluding carboxylic acids is 1. The fourth-order valence-electron chi connectivity index (χ4n) is 2.26. The number of hydrogen-bond donors (Lipinski definition) is 0. The van der Waals surface area contributed by atoms with E-state index in [9.17, 15) is 18.0 Å². The Morgan fingerprint density at radius 2 is 2.04 bits per heavy atom. The van der Waals surface area contributed by atoms with Gasteiger partial charge in [0, 0.05) is 30.3 Å². The third-order valence-electron chi connectivity index (χ3n) is 3.33. The topological polar surface area (TPSA) is 47.4 Å². The largest absolute Gasteiger partial charge is 0.573 e. The molecule has 0 fully saturated rings. The smallest absolute Gasteiger partial charge is 0.406 e. The van der Waals surface area contributed by atoms with E-state index in [0.29, 0.717) is 10.0 Å². The van der Waals surface area contributed by atoms with Crippen molar-refractivity contribution in [2.45, 2.75) is 32.8 Å². The molecule has 25 heavy (non-hydrogen) atoms. The lowest BCUT2D eigenvalue weighted by atomic mass is 10.1. The summed E-state index contributed by atoms with van der Waals surface area (Å²) in [4.78, 5) is 18.2. The molecule has 9 heteroatoms. The predicted molar refractivity (Wildman–Crippen MR) is 89.0 cm³/mol. The number of nitrogens with zero attached hydrogens (tertiary/aromatic N) is 3. The average Bonchev–Trinajstić information content (AvgIpc) is 2.88. The highest BCUT2D eigenvalue weighted by Gasteiger charge is 2.31. The van der Waals surface area contributed by atoms with Gasteiger partial charge in [0.2, 0.25) is 0 Å². The average molecular weight is 420 g/mol. The summed E-state index contributed by atoms with van der Waals surface area (Å²) in [6.07, 6.45) is -1.67. The molecule has 0 saturated carbocycles. The molecule has 1 aromatic carbocycles. The van der Waals surface area contributed by atoms with Gasteiger partial charge in [0.15, 0.2) is 0 Å². The monoisotopic (exact) mass is 419 g/mol. The molecule has 0 radical (unpaired) electrons. The second-order valence-electron chi connectivity index (χ2n) is 5.79. The van der Waals surface area contributed by atoms with Crippen LogP contribution in [0.2, 0.25) is 0 Å². The summed E-state index contributed by atoms with van der Waals surface area (Å²) in [5, 5.41) is 0. The summed E-state index contributed by atoms with van der Waals surface area (Å²) in [5.74, 6) is -0.639. The Balaban J connectivity index is 2.26. The zero-order chi connectivity index (χ0) is 18.8. The van der Waals surface area contributed by atoms with Crippen LogP contribution in [0.1, 0.15) is 29.9 Å². The number of hydrogen-bond acceptors (Lipinski definition) is 3. The molecule has 0 aliphatic heterocycles.